The monoisotopic (exact) mass is 435 g/mol. The summed E-state index contributed by atoms with van der Waals surface area (Å²) in [5.41, 5.74) is 4.36. The van der Waals surface area contributed by atoms with Crippen LogP contribution in [0, 0.1) is 11.3 Å². The number of pyridine rings is 1. The predicted octanol–water partition coefficient (Wildman–Crippen LogP) is 3.19. The molecule has 1 fully saturated rings. The molecule has 7 heteroatoms. The SMILES string of the molecule is CCOCCCNc1nc(N2CCOCC2)c2c(c1C#N)CCN(Cc1ccccc1)C2. The van der Waals surface area contributed by atoms with Gasteiger partial charge in [-0.1, -0.05) is 30.3 Å². The largest absolute Gasteiger partial charge is 0.382 e. The number of hydrogen-bond donors (Lipinski definition) is 1. The van der Waals surface area contributed by atoms with Gasteiger partial charge in [-0.3, -0.25) is 4.90 Å². The minimum atomic E-state index is 0.702. The molecule has 4 rings (SSSR count). The molecule has 0 atom stereocenters. The van der Waals surface area contributed by atoms with E-state index in [0.29, 0.717) is 31.2 Å². The highest BCUT2D eigenvalue weighted by molar-refractivity contribution is 5.67. The number of nitriles is 1. The molecule has 1 aromatic heterocycles. The Morgan fingerprint density at radius 1 is 1.16 bits per heavy atom. The van der Waals surface area contributed by atoms with Gasteiger partial charge in [0.2, 0.25) is 0 Å². The number of aromatic nitrogens is 1. The lowest BCUT2D eigenvalue weighted by Crippen LogP contribution is -2.39. The molecule has 1 aromatic carbocycles. The molecular weight excluding hydrogens is 402 g/mol. The van der Waals surface area contributed by atoms with Crippen LogP contribution >= 0.6 is 0 Å². The Morgan fingerprint density at radius 2 is 1.97 bits per heavy atom. The normalized spacial score (nSPS) is 16.4. The molecule has 0 unspecified atom stereocenters. The van der Waals surface area contributed by atoms with E-state index < -0.39 is 0 Å². The third-order valence-corrected chi connectivity index (χ3v) is 6.08. The van der Waals surface area contributed by atoms with Gasteiger partial charge in [0.05, 0.1) is 18.8 Å². The van der Waals surface area contributed by atoms with Gasteiger partial charge in [0.1, 0.15) is 17.7 Å². The maximum atomic E-state index is 10.0. The quantitative estimate of drug-likeness (QED) is 0.607. The Bertz CT molecular complexity index is 922. The van der Waals surface area contributed by atoms with Crippen LogP contribution in [0.4, 0.5) is 11.6 Å². The zero-order valence-electron chi connectivity index (χ0n) is 19.0. The first-order chi connectivity index (χ1) is 15.8. The first kappa shape index (κ1) is 22.5. The summed E-state index contributed by atoms with van der Waals surface area (Å²) in [6.45, 7) is 9.90. The van der Waals surface area contributed by atoms with E-state index in [1.807, 2.05) is 6.92 Å². The summed E-state index contributed by atoms with van der Waals surface area (Å²) < 4.78 is 11.0. The molecule has 0 radical (unpaired) electrons. The lowest BCUT2D eigenvalue weighted by atomic mass is 9.94. The molecule has 2 aromatic rings. The van der Waals surface area contributed by atoms with Crippen LogP contribution < -0.4 is 10.2 Å². The van der Waals surface area contributed by atoms with Crippen LogP contribution in [0.5, 0.6) is 0 Å². The minimum Gasteiger partial charge on any atom is -0.382 e. The second-order valence-electron chi connectivity index (χ2n) is 8.25. The molecular formula is C25H33N5O2. The summed E-state index contributed by atoms with van der Waals surface area (Å²) in [5, 5.41) is 13.4. The van der Waals surface area contributed by atoms with E-state index in [0.717, 1.165) is 70.1 Å². The zero-order chi connectivity index (χ0) is 22.2. The maximum absolute atomic E-state index is 10.0. The first-order valence-corrected chi connectivity index (χ1v) is 11.7. The third kappa shape index (κ3) is 5.39. The van der Waals surface area contributed by atoms with Gasteiger partial charge in [-0.25, -0.2) is 4.98 Å². The molecule has 1 N–H and O–H groups in total. The molecule has 1 saturated heterocycles. The van der Waals surface area contributed by atoms with Gasteiger partial charge in [-0.2, -0.15) is 5.26 Å². The molecule has 0 saturated carbocycles. The number of ether oxygens (including phenoxy) is 2. The second-order valence-corrected chi connectivity index (χ2v) is 8.25. The van der Waals surface area contributed by atoms with Gasteiger partial charge in [0.25, 0.3) is 0 Å². The van der Waals surface area contributed by atoms with Crippen LogP contribution in [0.25, 0.3) is 0 Å². The summed E-state index contributed by atoms with van der Waals surface area (Å²) in [6.07, 6.45) is 1.74. The Balaban J connectivity index is 1.61. The Kier molecular flexibility index (Phi) is 7.94. The average molecular weight is 436 g/mol. The van der Waals surface area contributed by atoms with E-state index in [1.165, 1.54) is 11.1 Å². The van der Waals surface area contributed by atoms with Crippen molar-refractivity contribution in [1.29, 1.82) is 5.26 Å². The average Bonchev–Trinajstić information content (AvgIpc) is 2.84. The van der Waals surface area contributed by atoms with Crippen molar-refractivity contribution in [2.45, 2.75) is 32.9 Å². The number of rotatable bonds is 9. The number of nitrogens with zero attached hydrogens (tertiary/aromatic N) is 4. The van der Waals surface area contributed by atoms with E-state index >= 15 is 0 Å². The minimum absolute atomic E-state index is 0.702. The molecule has 0 spiro atoms. The summed E-state index contributed by atoms with van der Waals surface area (Å²) in [4.78, 5) is 9.79. The van der Waals surface area contributed by atoms with Crippen molar-refractivity contribution in [2.75, 3.05) is 62.8 Å². The molecule has 0 aliphatic carbocycles. The number of morpholine rings is 1. The molecule has 0 amide bonds. The summed E-state index contributed by atoms with van der Waals surface area (Å²) in [6, 6.07) is 13.0. The van der Waals surface area contributed by atoms with Gasteiger partial charge in [-0.15, -0.1) is 0 Å². The fraction of sp³-hybridized carbons (Fsp3) is 0.520. The number of benzene rings is 1. The topological polar surface area (TPSA) is 73.6 Å². The van der Waals surface area contributed by atoms with E-state index in [1.54, 1.807) is 0 Å². The Labute approximate surface area is 190 Å². The highest BCUT2D eigenvalue weighted by Gasteiger charge is 2.28. The first-order valence-electron chi connectivity index (χ1n) is 11.7. The van der Waals surface area contributed by atoms with Gasteiger partial charge in [0.15, 0.2) is 0 Å². The number of hydrogen-bond acceptors (Lipinski definition) is 7. The second kappa shape index (κ2) is 11.3. The summed E-state index contributed by atoms with van der Waals surface area (Å²) >= 11 is 0. The highest BCUT2D eigenvalue weighted by Crippen LogP contribution is 2.34. The smallest absolute Gasteiger partial charge is 0.146 e. The van der Waals surface area contributed by atoms with Crippen molar-refractivity contribution < 1.29 is 9.47 Å². The molecule has 0 bridgehead atoms. The van der Waals surface area contributed by atoms with Crippen LogP contribution in [0.1, 0.15) is 35.6 Å². The van der Waals surface area contributed by atoms with Crippen LogP contribution in [0.2, 0.25) is 0 Å². The molecule has 32 heavy (non-hydrogen) atoms. The summed E-state index contributed by atoms with van der Waals surface area (Å²) in [7, 11) is 0. The van der Waals surface area contributed by atoms with Crippen molar-refractivity contribution in [1.82, 2.24) is 9.88 Å². The van der Waals surface area contributed by atoms with E-state index in [2.05, 4.69) is 51.5 Å². The number of anilines is 2. The Morgan fingerprint density at radius 3 is 2.72 bits per heavy atom. The Hall–Kier alpha value is -2.66. The number of fused-ring (bicyclic) bond motifs is 1. The van der Waals surface area contributed by atoms with Gasteiger partial charge in [0, 0.05) is 58.0 Å². The van der Waals surface area contributed by atoms with Gasteiger partial charge in [-0.05, 0) is 30.9 Å². The van der Waals surface area contributed by atoms with Crippen molar-refractivity contribution in [3.05, 3.63) is 52.6 Å². The van der Waals surface area contributed by atoms with Crippen LogP contribution in [0.15, 0.2) is 30.3 Å². The maximum Gasteiger partial charge on any atom is 0.146 e. The predicted molar refractivity (Wildman–Crippen MR) is 126 cm³/mol. The van der Waals surface area contributed by atoms with E-state index in [-0.39, 0.29) is 0 Å². The van der Waals surface area contributed by atoms with Crippen molar-refractivity contribution >= 4 is 11.6 Å². The molecule has 170 valence electrons. The van der Waals surface area contributed by atoms with E-state index in [4.69, 9.17) is 14.5 Å². The van der Waals surface area contributed by atoms with Crippen molar-refractivity contribution in [3.63, 3.8) is 0 Å². The fourth-order valence-electron chi connectivity index (χ4n) is 4.46. The van der Waals surface area contributed by atoms with Crippen LogP contribution in [-0.4, -0.2) is 62.5 Å². The van der Waals surface area contributed by atoms with Crippen LogP contribution in [-0.2, 0) is 29.0 Å². The van der Waals surface area contributed by atoms with Crippen LogP contribution in [0.3, 0.4) is 0 Å². The standard InChI is InChI=1S/C25H33N5O2/c1-2-31-14-6-10-27-24-22(17-26)21-9-11-29(18-20-7-4-3-5-8-20)19-23(21)25(28-24)30-12-15-32-16-13-30/h3-5,7-8H,2,6,9-16,18-19H2,1H3,(H,27,28). The number of nitrogens with one attached hydrogen (secondary N) is 1. The molecule has 2 aliphatic heterocycles. The third-order valence-electron chi connectivity index (χ3n) is 6.08. The van der Waals surface area contributed by atoms with Crippen molar-refractivity contribution in [3.8, 4) is 6.07 Å². The fourth-order valence-corrected chi connectivity index (χ4v) is 4.46. The lowest BCUT2D eigenvalue weighted by Gasteiger charge is -2.35. The lowest BCUT2D eigenvalue weighted by molar-refractivity contribution is 0.122. The molecule has 2 aliphatic rings. The molecule has 3 heterocycles. The summed E-state index contributed by atoms with van der Waals surface area (Å²) in [5.74, 6) is 1.72. The van der Waals surface area contributed by atoms with E-state index in [9.17, 15) is 5.26 Å². The highest BCUT2D eigenvalue weighted by atomic mass is 16.5. The van der Waals surface area contributed by atoms with Gasteiger partial charge >= 0.3 is 0 Å². The molecule has 7 nitrogen and oxygen atoms in total. The van der Waals surface area contributed by atoms with Gasteiger partial charge < -0.3 is 19.7 Å². The van der Waals surface area contributed by atoms with Crippen molar-refractivity contribution in [2.24, 2.45) is 0 Å². The zero-order valence-corrected chi connectivity index (χ0v) is 19.0.